The number of carbonyl (C=O) groups excluding carboxylic acids is 1. The zero-order chi connectivity index (χ0) is 17.6. The molecule has 25 heavy (non-hydrogen) atoms. The van der Waals surface area contributed by atoms with E-state index < -0.39 is 11.7 Å². The van der Waals surface area contributed by atoms with E-state index in [9.17, 15) is 9.18 Å². The van der Waals surface area contributed by atoms with Crippen LogP contribution in [0.3, 0.4) is 0 Å². The SMILES string of the molecule is N#Cc1c(F)cccc1C(=O)NCC1CCCN(c2ncccn2)C1. The van der Waals surface area contributed by atoms with Crippen LogP contribution in [0.25, 0.3) is 0 Å². The first-order valence-electron chi connectivity index (χ1n) is 8.18. The van der Waals surface area contributed by atoms with Gasteiger partial charge in [-0.05, 0) is 37.0 Å². The van der Waals surface area contributed by atoms with Crippen LogP contribution in [-0.2, 0) is 0 Å². The number of halogens is 1. The number of aromatic nitrogens is 2. The van der Waals surface area contributed by atoms with Gasteiger partial charge >= 0.3 is 0 Å². The van der Waals surface area contributed by atoms with Crippen molar-refractivity contribution in [1.29, 1.82) is 5.26 Å². The number of nitriles is 1. The Morgan fingerprint density at radius 3 is 2.92 bits per heavy atom. The summed E-state index contributed by atoms with van der Waals surface area (Å²) in [7, 11) is 0. The number of hydrogen-bond donors (Lipinski definition) is 1. The standard InChI is InChI=1S/C18H18FN5O/c19-16-6-1-5-14(15(16)10-20)17(25)23-11-13-4-2-9-24(12-13)18-21-7-3-8-22-18/h1,3,5-8,13H,2,4,9,11-12H2,(H,23,25). The quantitative estimate of drug-likeness (QED) is 0.923. The third-order valence-electron chi connectivity index (χ3n) is 4.28. The molecule has 1 aromatic carbocycles. The Labute approximate surface area is 145 Å². The lowest BCUT2D eigenvalue weighted by atomic mass is 9.98. The number of piperidine rings is 1. The average Bonchev–Trinajstić information content (AvgIpc) is 2.67. The summed E-state index contributed by atoms with van der Waals surface area (Å²) in [6, 6.07) is 7.59. The second kappa shape index (κ2) is 7.71. The van der Waals surface area contributed by atoms with Gasteiger partial charge in [0.15, 0.2) is 0 Å². The summed E-state index contributed by atoms with van der Waals surface area (Å²) in [6.45, 7) is 2.10. The van der Waals surface area contributed by atoms with E-state index in [1.54, 1.807) is 24.5 Å². The predicted octanol–water partition coefficient (Wildman–Crippen LogP) is 2.13. The Bertz CT molecular complexity index is 790. The van der Waals surface area contributed by atoms with E-state index >= 15 is 0 Å². The van der Waals surface area contributed by atoms with Crippen molar-refractivity contribution in [2.45, 2.75) is 12.8 Å². The third kappa shape index (κ3) is 3.91. The summed E-state index contributed by atoms with van der Waals surface area (Å²) in [6.07, 6.45) is 5.39. The van der Waals surface area contributed by atoms with Crippen LogP contribution in [0.2, 0.25) is 0 Å². The number of hydrogen-bond acceptors (Lipinski definition) is 5. The minimum Gasteiger partial charge on any atom is -0.352 e. The van der Waals surface area contributed by atoms with Gasteiger partial charge in [0, 0.05) is 32.0 Å². The summed E-state index contributed by atoms with van der Waals surface area (Å²) in [5, 5.41) is 11.9. The van der Waals surface area contributed by atoms with Crippen LogP contribution in [0.1, 0.15) is 28.8 Å². The number of nitrogens with zero attached hydrogens (tertiary/aromatic N) is 4. The summed E-state index contributed by atoms with van der Waals surface area (Å²) >= 11 is 0. The van der Waals surface area contributed by atoms with Crippen LogP contribution < -0.4 is 10.2 Å². The molecule has 6 nitrogen and oxygen atoms in total. The third-order valence-corrected chi connectivity index (χ3v) is 4.28. The second-order valence-electron chi connectivity index (χ2n) is 5.99. The molecule has 2 aromatic rings. The van der Waals surface area contributed by atoms with Crippen LogP contribution in [0, 0.1) is 23.1 Å². The van der Waals surface area contributed by atoms with Crippen LogP contribution >= 0.6 is 0 Å². The Hall–Kier alpha value is -3.01. The normalized spacial score (nSPS) is 17.0. The number of nitrogens with one attached hydrogen (secondary N) is 1. The van der Waals surface area contributed by atoms with Gasteiger partial charge in [0.05, 0.1) is 5.56 Å². The Morgan fingerprint density at radius 1 is 1.36 bits per heavy atom. The molecular formula is C18H18FN5O. The van der Waals surface area contributed by atoms with E-state index in [4.69, 9.17) is 5.26 Å². The largest absolute Gasteiger partial charge is 0.352 e. The van der Waals surface area contributed by atoms with Crippen molar-refractivity contribution in [2.24, 2.45) is 5.92 Å². The molecule has 3 rings (SSSR count). The fourth-order valence-corrected chi connectivity index (χ4v) is 3.03. The van der Waals surface area contributed by atoms with Crippen LogP contribution in [0.5, 0.6) is 0 Å². The minimum absolute atomic E-state index is 0.0709. The van der Waals surface area contributed by atoms with Crippen molar-refractivity contribution in [1.82, 2.24) is 15.3 Å². The molecule has 0 saturated carbocycles. The monoisotopic (exact) mass is 339 g/mol. The maximum atomic E-state index is 13.6. The Morgan fingerprint density at radius 2 is 2.16 bits per heavy atom. The molecule has 0 radical (unpaired) electrons. The van der Waals surface area contributed by atoms with Crippen molar-refractivity contribution >= 4 is 11.9 Å². The van der Waals surface area contributed by atoms with E-state index in [-0.39, 0.29) is 17.0 Å². The summed E-state index contributed by atoms with van der Waals surface area (Å²) < 4.78 is 13.6. The zero-order valence-corrected chi connectivity index (χ0v) is 13.7. The van der Waals surface area contributed by atoms with E-state index in [1.807, 2.05) is 0 Å². The summed E-state index contributed by atoms with van der Waals surface area (Å²) in [4.78, 5) is 22.9. The van der Waals surface area contributed by atoms with Gasteiger partial charge in [-0.2, -0.15) is 5.26 Å². The molecule has 7 heteroatoms. The van der Waals surface area contributed by atoms with Crippen molar-refractivity contribution in [3.63, 3.8) is 0 Å². The zero-order valence-electron chi connectivity index (χ0n) is 13.7. The summed E-state index contributed by atoms with van der Waals surface area (Å²) in [5.41, 5.74) is -0.149. The maximum absolute atomic E-state index is 13.6. The first kappa shape index (κ1) is 16.8. The van der Waals surface area contributed by atoms with Crippen molar-refractivity contribution in [3.8, 4) is 6.07 Å². The lowest BCUT2D eigenvalue weighted by molar-refractivity contribution is 0.0945. The van der Waals surface area contributed by atoms with Crippen LogP contribution in [-0.4, -0.2) is 35.5 Å². The van der Waals surface area contributed by atoms with E-state index in [0.29, 0.717) is 12.5 Å². The van der Waals surface area contributed by atoms with Crippen molar-refractivity contribution in [3.05, 3.63) is 53.6 Å². The molecule has 1 fully saturated rings. The highest BCUT2D eigenvalue weighted by Gasteiger charge is 2.23. The number of benzene rings is 1. The Balaban J connectivity index is 1.61. The highest BCUT2D eigenvalue weighted by Crippen LogP contribution is 2.20. The van der Waals surface area contributed by atoms with Gasteiger partial charge in [-0.25, -0.2) is 14.4 Å². The smallest absolute Gasteiger partial charge is 0.252 e. The van der Waals surface area contributed by atoms with Gasteiger partial charge in [0.1, 0.15) is 17.4 Å². The fraction of sp³-hybridized carbons (Fsp3) is 0.333. The molecule has 0 spiro atoms. The molecule has 1 unspecified atom stereocenters. The van der Waals surface area contributed by atoms with Gasteiger partial charge < -0.3 is 10.2 Å². The fourth-order valence-electron chi connectivity index (χ4n) is 3.03. The molecule has 0 bridgehead atoms. The van der Waals surface area contributed by atoms with Gasteiger partial charge in [-0.3, -0.25) is 4.79 Å². The van der Waals surface area contributed by atoms with Crippen molar-refractivity contribution in [2.75, 3.05) is 24.5 Å². The topological polar surface area (TPSA) is 81.9 Å². The second-order valence-corrected chi connectivity index (χ2v) is 5.99. The molecule has 2 heterocycles. The highest BCUT2D eigenvalue weighted by atomic mass is 19.1. The van der Waals surface area contributed by atoms with Gasteiger partial charge in [-0.15, -0.1) is 0 Å². The number of rotatable bonds is 4. The van der Waals surface area contributed by atoms with Gasteiger partial charge in [0.2, 0.25) is 5.95 Å². The highest BCUT2D eigenvalue weighted by molar-refractivity contribution is 5.96. The van der Waals surface area contributed by atoms with Crippen LogP contribution in [0.4, 0.5) is 10.3 Å². The lowest BCUT2D eigenvalue weighted by Gasteiger charge is -2.32. The van der Waals surface area contributed by atoms with E-state index in [0.717, 1.165) is 25.9 Å². The van der Waals surface area contributed by atoms with Gasteiger partial charge in [-0.1, -0.05) is 6.07 Å². The minimum atomic E-state index is -0.680. The molecule has 1 atom stereocenters. The first-order chi connectivity index (χ1) is 12.2. The first-order valence-corrected chi connectivity index (χ1v) is 8.18. The molecule has 1 aliphatic heterocycles. The predicted molar refractivity (Wildman–Crippen MR) is 90.4 cm³/mol. The number of anilines is 1. The molecule has 1 saturated heterocycles. The molecule has 1 N–H and O–H groups in total. The number of carbonyl (C=O) groups is 1. The number of amides is 1. The molecule has 0 aliphatic carbocycles. The summed E-state index contributed by atoms with van der Waals surface area (Å²) in [5.74, 6) is -0.166. The van der Waals surface area contributed by atoms with E-state index in [2.05, 4.69) is 20.2 Å². The maximum Gasteiger partial charge on any atom is 0.252 e. The molecule has 1 amide bonds. The molecule has 128 valence electrons. The average molecular weight is 339 g/mol. The molecule has 1 aliphatic rings. The molecule has 1 aromatic heterocycles. The van der Waals surface area contributed by atoms with Gasteiger partial charge in [0.25, 0.3) is 5.91 Å². The molecular weight excluding hydrogens is 321 g/mol. The van der Waals surface area contributed by atoms with Crippen LogP contribution in [0.15, 0.2) is 36.7 Å². The van der Waals surface area contributed by atoms with E-state index in [1.165, 1.54) is 18.2 Å². The lowest BCUT2D eigenvalue weighted by Crippen LogP contribution is -2.41. The Kier molecular flexibility index (Phi) is 5.19. The van der Waals surface area contributed by atoms with Crippen molar-refractivity contribution < 1.29 is 9.18 Å².